The van der Waals surface area contributed by atoms with Crippen molar-refractivity contribution in [1.29, 1.82) is 0 Å². The van der Waals surface area contributed by atoms with Crippen molar-refractivity contribution in [3.05, 3.63) is 53.8 Å². The van der Waals surface area contributed by atoms with Crippen LogP contribution in [0.3, 0.4) is 0 Å². The molecule has 0 saturated carbocycles. The minimum atomic E-state index is -3.93. The molecule has 1 heterocycles. The number of amides is 2. The summed E-state index contributed by atoms with van der Waals surface area (Å²) < 4.78 is 50.9. The van der Waals surface area contributed by atoms with Crippen molar-refractivity contribution in [2.24, 2.45) is 0 Å². The van der Waals surface area contributed by atoms with Crippen LogP contribution in [0.1, 0.15) is 5.56 Å². The Morgan fingerprint density at radius 3 is 2.35 bits per heavy atom. The molecule has 0 bridgehead atoms. The Kier molecular flexibility index (Phi) is 7.34. The molecule has 0 spiro atoms. The Labute approximate surface area is 181 Å². The van der Waals surface area contributed by atoms with Crippen LogP contribution in [0.4, 0.5) is 9.18 Å². The monoisotopic (exact) mass is 451 g/mol. The van der Waals surface area contributed by atoms with Crippen molar-refractivity contribution in [3.8, 4) is 11.5 Å². The van der Waals surface area contributed by atoms with Crippen LogP contribution in [-0.2, 0) is 16.4 Å². The van der Waals surface area contributed by atoms with Crippen molar-refractivity contribution in [1.82, 2.24) is 14.5 Å². The van der Waals surface area contributed by atoms with Crippen molar-refractivity contribution < 1.29 is 27.1 Å². The molecule has 10 heteroatoms. The molecule has 2 aromatic carbocycles. The zero-order valence-electron chi connectivity index (χ0n) is 17.5. The molecule has 168 valence electrons. The number of hydrogen-bond donors (Lipinski definition) is 1. The van der Waals surface area contributed by atoms with Crippen LogP contribution in [-0.4, -0.2) is 70.6 Å². The van der Waals surface area contributed by atoms with Crippen LogP contribution in [0.25, 0.3) is 0 Å². The minimum Gasteiger partial charge on any atom is -0.493 e. The summed E-state index contributed by atoms with van der Waals surface area (Å²) in [5.74, 6) is 0.481. The van der Waals surface area contributed by atoms with Gasteiger partial charge in [-0.25, -0.2) is 17.6 Å². The van der Waals surface area contributed by atoms with Crippen molar-refractivity contribution in [2.45, 2.75) is 11.3 Å². The highest BCUT2D eigenvalue weighted by Gasteiger charge is 2.31. The molecule has 0 radical (unpaired) electrons. The second kappa shape index (κ2) is 9.97. The molecule has 8 nitrogen and oxygen atoms in total. The van der Waals surface area contributed by atoms with Crippen molar-refractivity contribution in [3.63, 3.8) is 0 Å². The highest BCUT2D eigenvalue weighted by molar-refractivity contribution is 7.89. The van der Waals surface area contributed by atoms with Crippen LogP contribution in [0.2, 0.25) is 0 Å². The normalized spacial score (nSPS) is 14.9. The van der Waals surface area contributed by atoms with E-state index in [-0.39, 0.29) is 37.1 Å². The summed E-state index contributed by atoms with van der Waals surface area (Å²) in [4.78, 5) is 13.6. The molecule has 1 aliphatic heterocycles. The fourth-order valence-corrected chi connectivity index (χ4v) is 4.87. The number of rotatable bonds is 7. The number of halogens is 1. The fourth-order valence-electron chi connectivity index (χ4n) is 3.39. The largest absolute Gasteiger partial charge is 0.493 e. The molecule has 0 unspecified atom stereocenters. The van der Waals surface area contributed by atoms with E-state index in [9.17, 15) is 17.6 Å². The molecule has 1 aliphatic rings. The average molecular weight is 452 g/mol. The summed E-state index contributed by atoms with van der Waals surface area (Å²) in [5.41, 5.74) is 0.985. The van der Waals surface area contributed by atoms with Crippen LogP contribution >= 0.6 is 0 Å². The number of sulfonamides is 1. The third-order valence-electron chi connectivity index (χ3n) is 5.12. The number of nitrogens with zero attached hydrogens (tertiary/aromatic N) is 2. The van der Waals surface area contributed by atoms with Gasteiger partial charge < -0.3 is 19.7 Å². The quantitative estimate of drug-likeness (QED) is 0.697. The molecule has 1 saturated heterocycles. The van der Waals surface area contributed by atoms with Gasteiger partial charge in [-0.3, -0.25) is 0 Å². The van der Waals surface area contributed by atoms with Gasteiger partial charge in [-0.2, -0.15) is 4.31 Å². The van der Waals surface area contributed by atoms with E-state index in [1.54, 1.807) is 19.1 Å². The average Bonchev–Trinajstić information content (AvgIpc) is 2.79. The first-order valence-corrected chi connectivity index (χ1v) is 11.3. The maximum Gasteiger partial charge on any atom is 0.317 e. The molecule has 1 fully saturated rings. The van der Waals surface area contributed by atoms with Crippen molar-refractivity contribution >= 4 is 16.1 Å². The summed E-state index contributed by atoms with van der Waals surface area (Å²) in [6.07, 6.45) is 0.605. The Balaban J connectivity index is 1.50. The third-order valence-corrected chi connectivity index (χ3v) is 7.05. The van der Waals surface area contributed by atoms with Gasteiger partial charge in [0.1, 0.15) is 10.7 Å². The summed E-state index contributed by atoms with van der Waals surface area (Å²) in [7, 11) is -0.796. The number of piperazine rings is 1. The number of carbonyl (C=O) groups excluding carboxylic acids is 1. The molecule has 0 aliphatic carbocycles. The van der Waals surface area contributed by atoms with Crippen LogP contribution < -0.4 is 14.8 Å². The molecule has 2 amide bonds. The molecule has 2 aromatic rings. The second-order valence-corrected chi connectivity index (χ2v) is 8.90. The van der Waals surface area contributed by atoms with E-state index < -0.39 is 15.8 Å². The number of urea groups is 1. The molecule has 0 aromatic heterocycles. The van der Waals surface area contributed by atoms with Gasteiger partial charge in [0.25, 0.3) is 0 Å². The first-order chi connectivity index (χ1) is 14.9. The van der Waals surface area contributed by atoms with E-state index in [0.29, 0.717) is 24.5 Å². The second-order valence-electron chi connectivity index (χ2n) is 6.99. The maximum absolute atomic E-state index is 13.9. The molecular weight excluding hydrogens is 425 g/mol. The molecule has 31 heavy (non-hydrogen) atoms. The van der Waals surface area contributed by atoms with E-state index >= 15 is 0 Å². The number of carbonyl (C=O) groups is 1. The van der Waals surface area contributed by atoms with Gasteiger partial charge in [-0.05, 0) is 36.2 Å². The molecular formula is C21H26FN3O5S. The van der Waals surface area contributed by atoms with E-state index in [0.717, 1.165) is 11.6 Å². The Hall–Kier alpha value is -2.85. The lowest BCUT2D eigenvalue weighted by Crippen LogP contribution is -2.53. The van der Waals surface area contributed by atoms with Gasteiger partial charge in [0.2, 0.25) is 10.0 Å². The van der Waals surface area contributed by atoms with Crippen molar-refractivity contribution in [2.75, 3.05) is 46.9 Å². The minimum absolute atomic E-state index is 0.111. The van der Waals surface area contributed by atoms with E-state index in [1.807, 2.05) is 18.2 Å². The zero-order valence-corrected chi connectivity index (χ0v) is 18.3. The van der Waals surface area contributed by atoms with E-state index in [2.05, 4.69) is 5.32 Å². The predicted octanol–water partition coefficient (Wildman–Crippen LogP) is 2.10. The van der Waals surface area contributed by atoms with Gasteiger partial charge in [0, 0.05) is 32.7 Å². The van der Waals surface area contributed by atoms with Gasteiger partial charge in [0.05, 0.1) is 14.2 Å². The smallest absolute Gasteiger partial charge is 0.317 e. The zero-order chi connectivity index (χ0) is 22.4. The van der Waals surface area contributed by atoms with Gasteiger partial charge in [0.15, 0.2) is 11.5 Å². The molecule has 1 N–H and O–H groups in total. The van der Waals surface area contributed by atoms with Crippen LogP contribution in [0.5, 0.6) is 11.5 Å². The fraction of sp³-hybridized carbons (Fsp3) is 0.381. The lowest BCUT2D eigenvalue weighted by atomic mass is 10.1. The molecule has 0 atom stereocenters. The summed E-state index contributed by atoms with van der Waals surface area (Å²) in [5, 5.41) is 2.85. The first-order valence-electron chi connectivity index (χ1n) is 9.85. The summed E-state index contributed by atoms with van der Waals surface area (Å²) in [6, 6.07) is 10.6. The van der Waals surface area contributed by atoms with Gasteiger partial charge in [-0.15, -0.1) is 0 Å². The topological polar surface area (TPSA) is 88.2 Å². The number of hydrogen-bond acceptors (Lipinski definition) is 5. The van der Waals surface area contributed by atoms with Crippen LogP contribution in [0.15, 0.2) is 47.4 Å². The Morgan fingerprint density at radius 2 is 1.71 bits per heavy atom. The van der Waals surface area contributed by atoms with Crippen LogP contribution in [0, 0.1) is 5.82 Å². The SMILES string of the molecule is COc1ccc(CCNC(=O)N2CCN(S(=O)(=O)c3ccccc3F)CC2)cc1OC. The number of nitrogens with one attached hydrogen (secondary N) is 1. The maximum atomic E-state index is 13.9. The summed E-state index contributed by atoms with van der Waals surface area (Å²) >= 11 is 0. The third kappa shape index (κ3) is 5.26. The highest BCUT2D eigenvalue weighted by atomic mass is 32.2. The van der Waals surface area contributed by atoms with E-state index in [1.165, 1.54) is 22.5 Å². The predicted molar refractivity (Wildman–Crippen MR) is 113 cm³/mol. The number of benzene rings is 2. The lowest BCUT2D eigenvalue weighted by Gasteiger charge is -2.34. The highest BCUT2D eigenvalue weighted by Crippen LogP contribution is 2.27. The number of ether oxygens (including phenoxy) is 2. The first kappa shape index (κ1) is 22.8. The Bertz CT molecular complexity index is 1020. The van der Waals surface area contributed by atoms with Gasteiger partial charge >= 0.3 is 6.03 Å². The Morgan fingerprint density at radius 1 is 1.03 bits per heavy atom. The molecule has 3 rings (SSSR count). The van der Waals surface area contributed by atoms with E-state index in [4.69, 9.17) is 9.47 Å². The number of methoxy groups -OCH3 is 2. The summed E-state index contributed by atoms with van der Waals surface area (Å²) in [6.45, 7) is 1.10. The lowest BCUT2D eigenvalue weighted by molar-refractivity contribution is 0.172. The van der Waals surface area contributed by atoms with Gasteiger partial charge in [-0.1, -0.05) is 18.2 Å². The standard InChI is InChI=1S/C21H26FN3O5S/c1-29-18-8-7-16(15-19(18)30-2)9-10-23-21(26)24-11-13-25(14-12-24)31(27,28)20-6-4-3-5-17(20)22/h3-8,15H,9-14H2,1-2H3,(H,23,26).